The molecule has 208 valence electrons. The number of esters is 1. The van der Waals surface area contributed by atoms with E-state index in [0.29, 0.717) is 17.9 Å². The van der Waals surface area contributed by atoms with E-state index < -0.39 is 24.8 Å². The van der Waals surface area contributed by atoms with E-state index in [1.807, 2.05) is 16.8 Å². The molecule has 0 atom stereocenters. The smallest absolute Gasteiger partial charge is 0.487 e. The van der Waals surface area contributed by atoms with Gasteiger partial charge in [-0.25, -0.2) is 0 Å². The molecular weight excluding hydrogens is 532 g/mol. The van der Waals surface area contributed by atoms with Gasteiger partial charge >= 0.3 is 18.5 Å². The lowest BCUT2D eigenvalue weighted by Crippen LogP contribution is -2.21. The van der Waals surface area contributed by atoms with E-state index in [0.717, 1.165) is 27.7 Å². The van der Waals surface area contributed by atoms with Gasteiger partial charge in [0.25, 0.3) is 0 Å². The lowest BCUT2D eigenvalue weighted by Gasteiger charge is -2.12. The maximum Gasteiger partial charge on any atom is 0.573 e. The molecule has 0 amide bonds. The predicted octanol–water partition coefficient (Wildman–Crippen LogP) is 6.50. The van der Waals surface area contributed by atoms with Crippen molar-refractivity contribution in [1.29, 1.82) is 0 Å². The molecule has 0 spiro atoms. The van der Waals surface area contributed by atoms with Gasteiger partial charge in [-0.05, 0) is 53.9 Å². The quantitative estimate of drug-likeness (QED) is 0.165. The van der Waals surface area contributed by atoms with Crippen molar-refractivity contribution in [2.24, 2.45) is 0 Å². The maximum atomic E-state index is 13.2. The lowest BCUT2D eigenvalue weighted by atomic mass is 10.1. The molecule has 0 saturated heterocycles. The Morgan fingerprint density at radius 2 is 1.67 bits per heavy atom. The zero-order valence-electron chi connectivity index (χ0n) is 20.6. The van der Waals surface area contributed by atoms with E-state index in [4.69, 9.17) is 9.47 Å². The summed E-state index contributed by atoms with van der Waals surface area (Å²) in [7, 11) is 0. The highest BCUT2D eigenvalue weighted by atomic mass is 19.4. The minimum atomic E-state index is -4.87. The Morgan fingerprint density at radius 3 is 2.33 bits per heavy atom. The Bertz CT molecular complexity index is 1420. The first kappa shape index (κ1) is 27.9. The van der Waals surface area contributed by atoms with Gasteiger partial charge in [-0.2, -0.15) is 18.3 Å². The number of nitrogens with zero attached hydrogens (tertiary/aromatic N) is 3. The number of aromatic nitrogens is 3. The second-order valence-electron chi connectivity index (χ2n) is 8.46. The highest BCUT2D eigenvalue weighted by Crippen LogP contribution is 2.29. The van der Waals surface area contributed by atoms with E-state index in [9.17, 15) is 31.1 Å². The topological polar surface area (TPSA) is 67.5 Å². The summed E-state index contributed by atoms with van der Waals surface area (Å²) in [6, 6.07) is 13.1. The Balaban J connectivity index is 1.52. The molecule has 7 nitrogen and oxygen atoms in total. The fourth-order valence-electron chi connectivity index (χ4n) is 3.81. The van der Waals surface area contributed by atoms with Gasteiger partial charge in [-0.3, -0.25) is 9.48 Å². The summed E-state index contributed by atoms with van der Waals surface area (Å²) in [4.78, 5) is 11.4. The number of rotatable bonds is 10. The minimum Gasteiger partial charge on any atom is -0.487 e. The third-order valence-corrected chi connectivity index (χ3v) is 5.59. The molecule has 2 heterocycles. The lowest BCUT2D eigenvalue weighted by molar-refractivity contribution is -0.274. The van der Waals surface area contributed by atoms with Crippen LogP contribution in [0, 0.1) is 0 Å². The molecule has 2 aromatic carbocycles. The first-order valence-electron chi connectivity index (χ1n) is 11.8. The zero-order valence-corrected chi connectivity index (χ0v) is 20.6. The van der Waals surface area contributed by atoms with Crippen LogP contribution in [0.25, 0.3) is 22.2 Å². The van der Waals surface area contributed by atoms with Crippen LogP contribution in [0.2, 0.25) is 0 Å². The number of hydrogen-bond donors (Lipinski definition) is 0. The minimum absolute atomic E-state index is 0.111. The number of benzene rings is 2. The van der Waals surface area contributed by atoms with Crippen molar-refractivity contribution in [3.8, 4) is 22.8 Å². The van der Waals surface area contributed by atoms with Crippen molar-refractivity contribution in [3.05, 3.63) is 66.5 Å². The van der Waals surface area contributed by atoms with Crippen LogP contribution in [-0.2, 0) is 29.2 Å². The average molecular weight is 555 g/mol. The summed E-state index contributed by atoms with van der Waals surface area (Å²) in [6.45, 7) is 0.666. The molecule has 13 heteroatoms. The Kier molecular flexibility index (Phi) is 8.07. The van der Waals surface area contributed by atoms with Gasteiger partial charge in [0.1, 0.15) is 31.3 Å². The monoisotopic (exact) mass is 555 g/mol. The number of fused-ring (bicyclic) bond motifs is 1. The van der Waals surface area contributed by atoms with E-state index in [-0.39, 0.29) is 37.0 Å². The van der Waals surface area contributed by atoms with Gasteiger partial charge in [0.2, 0.25) is 0 Å². The molecule has 0 saturated carbocycles. The normalized spacial score (nSPS) is 12.1. The summed E-state index contributed by atoms with van der Waals surface area (Å²) >= 11 is 0. The molecule has 39 heavy (non-hydrogen) atoms. The van der Waals surface area contributed by atoms with E-state index >= 15 is 0 Å². The van der Waals surface area contributed by atoms with Gasteiger partial charge in [-0.1, -0.05) is 6.92 Å². The van der Waals surface area contributed by atoms with Crippen molar-refractivity contribution in [2.45, 2.75) is 45.6 Å². The van der Waals surface area contributed by atoms with Crippen molar-refractivity contribution in [2.75, 3.05) is 6.61 Å². The summed E-state index contributed by atoms with van der Waals surface area (Å²) in [5.41, 5.74) is 1.32. The molecule has 0 bridgehead atoms. The molecule has 4 aromatic rings. The summed E-state index contributed by atoms with van der Waals surface area (Å²) in [5, 5.41) is 4.90. The number of halogens is 6. The first-order chi connectivity index (χ1) is 18.4. The van der Waals surface area contributed by atoms with Crippen LogP contribution in [0.3, 0.4) is 0 Å². The molecule has 4 rings (SSSR count). The number of carbonyl (C=O) groups is 1. The van der Waals surface area contributed by atoms with Gasteiger partial charge < -0.3 is 18.8 Å². The second-order valence-corrected chi connectivity index (χ2v) is 8.46. The van der Waals surface area contributed by atoms with Crippen molar-refractivity contribution >= 4 is 16.9 Å². The predicted molar refractivity (Wildman–Crippen MR) is 128 cm³/mol. The fourth-order valence-corrected chi connectivity index (χ4v) is 3.81. The Morgan fingerprint density at radius 1 is 0.949 bits per heavy atom. The molecular formula is C26H23F6N3O4. The summed E-state index contributed by atoms with van der Waals surface area (Å²) in [5.74, 6) is -0.382. The van der Waals surface area contributed by atoms with Gasteiger partial charge in [0.05, 0.1) is 23.4 Å². The van der Waals surface area contributed by atoms with Gasteiger partial charge in [0.15, 0.2) is 0 Å². The highest BCUT2D eigenvalue weighted by molar-refractivity contribution is 5.81. The number of hydrogen-bond acceptors (Lipinski definition) is 5. The third-order valence-electron chi connectivity index (χ3n) is 5.59. The first-order valence-corrected chi connectivity index (χ1v) is 11.8. The van der Waals surface area contributed by atoms with Crippen LogP contribution in [0.4, 0.5) is 26.3 Å². The average Bonchev–Trinajstić information content (AvgIpc) is 3.44. The summed E-state index contributed by atoms with van der Waals surface area (Å²) in [6.07, 6.45) is -7.34. The SMILES string of the molecule is CCC(=O)OCCn1ccc2ccc(OCc3cc(-c4ccc(OC(F)(F)F)cc4)nn3CC(F)(F)F)cc21. The van der Waals surface area contributed by atoms with Crippen LogP contribution in [0.1, 0.15) is 19.0 Å². The van der Waals surface area contributed by atoms with E-state index in [1.54, 1.807) is 25.1 Å². The fraction of sp³-hybridized carbons (Fsp3) is 0.308. The molecule has 0 aliphatic heterocycles. The third kappa shape index (κ3) is 7.68. The summed E-state index contributed by atoms with van der Waals surface area (Å²) < 4.78 is 94.2. The van der Waals surface area contributed by atoms with Crippen LogP contribution in [-0.4, -0.2) is 39.5 Å². The van der Waals surface area contributed by atoms with Crippen LogP contribution >= 0.6 is 0 Å². The molecule has 0 fully saturated rings. The molecule has 0 N–H and O–H groups in total. The van der Waals surface area contributed by atoms with E-state index in [1.165, 1.54) is 18.2 Å². The second kappa shape index (κ2) is 11.3. The van der Waals surface area contributed by atoms with Crippen LogP contribution in [0.15, 0.2) is 60.8 Å². The number of ether oxygens (including phenoxy) is 3. The van der Waals surface area contributed by atoms with Gasteiger partial charge in [-0.15, -0.1) is 13.2 Å². The Hall–Kier alpha value is -4.16. The van der Waals surface area contributed by atoms with Gasteiger partial charge in [0, 0.05) is 24.2 Å². The molecule has 2 aromatic heterocycles. The number of carbonyl (C=O) groups excluding carboxylic acids is 1. The molecule has 0 radical (unpaired) electrons. The van der Waals surface area contributed by atoms with Crippen LogP contribution in [0.5, 0.6) is 11.5 Å². The zero-order chi connectivity index (χ0) is 28.2. The van der Waals surface area contributed by atoms with Crippen molar-refractivity contribution in [3.63, 3.8) is 0 Å². The number of alkyl halides is 6. The largest absolute Gasteiger partial charge is 0.573 e. The van der Waals surface area contributed by atoms with Crippen LogP contribution < -0.4 is 9.47 Å². The molecule has 0 unspecified atom stereocenters. The molecule has 0 aliphatic rings. The van der Waals surface area contributed by atoms with E-state index in [2.05, 4.69) is 9.84 Å². The highest BCUT2D eigenvalue weighted by Gasteiger charge is 2.31. The Labute approximate surface area is 218 Å². The van der Waals surface area contributed by atoms with Crippen molar-refractivity contribution in [1.82, 2.24) is 14.3 Å². The molecule has 0 aliphatic carbocycles. The maximum absolute atomic E-state index is 13.2. The van der Waals surface area contributed by atoms with Crippen molar-refractivity contribution < 1.29 is 45.3 Å². The standard InChI is InChI=1S/C26H23F6N3O4/c1-2-24(36)37-12-11-34-10-9-18-5-8-21(14-23(18)34)38-15-19-13-22(33-35(19)16-25(27,28)29)17-3-6-20(7-4-17)39-26(30,31)32/h3-10,13-14H,2,11-12,15-16H2,1H3.